The van der Waals surface area contributed by atoms with E-state index >= 15 is 0 Å². The molecule has 104 valence electrons. The molecule has 0 bridgehead atoms. The summed E-state index contributed by atoms with van der Waals surface area (Å²) in [5.74, 6) is -0.812. The highest BCUT2D eigenvalue weighted by molar-refractivity contribution is 5.98. The summed E-state index contributed by atoms with van der Waals surface area (Å²) in [6.45, 7) is 3.50. The lowest BCUT2D eigenvalue weighted by Gasteiger charge is -2.23. The van der Waals surface area contributed by atoms with E-state index in [-0.39, 0.29) is 17.1 Å². The first-order valence-electron chi connectivity index (χ1n) is 5.85. The number of hydrogen-bond donors (Lipinski definition) is 3. The van der Waals surface area contributed by atoms with Crippen LogP contribution in [-0.2, 0) is 4.79 Å². The SMILES string of the molecule is CCCC(C)(N)C(=O)Nc1ccc([N+](=O)[O-])cc1O. The van der Waals surface area contributed by atoms with Crippen molar-refractivity contribution in [1.29, 1.82) is 0 Å². The van der Waals surface area contributed by atoms with Gasteiger partial charge in [0, 0.05) is 6.07 Å². The average Bonchev–Trinajstić information content (AvgIpc) is 2.31. The molecule has 4 N–H and O–H groups in total. The Bertz CT molecular complexity index is 500. The molecule has 0 radical (unpaired) electrons. The van der Waals surface area contributed by atoms with E-state index in [4.69, 9.17) is 5.73 Å². The van der Waals surface area contributed by atoms with Crippen molar-refractivity contribution < 1.29 is 14.8 Å². The van der Waals surface area contributed by atoms with Crippen molar-refractivity contribution in [3.63, 3.8) is 0 Å². The molecule has 0 aliphatic carbocycles. The van der Waals surface area contributed by atoms with Gasteiger partial charge >= 0.3 is 0 Å². The van der Waals surface area contributed by atoms with Gasteiger partial charge in [0.15, 0.2) is 0 Å². The zero-order chi connectivity index (χ0) is 14.6. The van der Waals surface area contributed by atoms with Crippen molar-refractivity contribution in [1.82, 2.24) is 0 Å². The van der Waals surface area contributed by atoms with E-state index in [1.54, 1.807) is 6.92 Å². The Morgan fingerprint density at radius 1 is 1.58 bits per heavy atom. The number of nitrogens with one attached hydrogen (secondary N) is 1. The number of nitrogens with two attached hydrogens (primary N) is 1. The van der Waals surface area contributed by atoms with Gasteiger partial charge in [-0.1, -0.05) is 13.3 Å². The molecule has 7 heteroatoms. The lowest BCUT2D eigenvalue weighted by Crippen LogP contribution is -2.48. The number of rotatable bonds is 5. The third kappa shape index (κ3) is 3.65. The van der Waals surface area contributed by atoms with Gasteiger partial charge in [0.25, 0.3) is 5.69 Å². The molecule has 1 atom stereocenters. The summed E-state index contributed by atoms with van der Waals surface area (Å²) in [5.41, 5.74) is 4.64. The Kier molecular flexibility index (Phi) is 4.44. The molecule has 0 aliphatic rings. The van der Waals surface area contributed by atoms with Gasteiger partial charge in [-0.15, -0.1) is 0 Å². The summed E-state index contributed by atoms with van der Waals surface area (Å²) in [6.07, 6.45) is 1.24. The first kappa shape index (κ1) is 14.9. The van der Waals surface area contributed by atoms with Gasteiger partial charge < -0.3 is 16.2 Å². The molecular weight excluding hydrogens is 250 g/mol. The molecule has 0 aliphatic heterocycles. The Morgan fingerprint density at radius 2 is 2.21 bits per heavy atom. The number of non-ortho nitro benzene ring substituents is 1. The quantitative estimate of drug-likeness (QED) is 0.426. The zero-order valence-corrected chi connectivity index (χ0v) is 10.8. The largest absolute Gasteiger partial charge is 0.506 e. The molecule has 0 saturated carbocycles. The van der Waals surface area contributed by atoms with Gasteiger partial charge in [-0.3, -0.25) is 14.9 Å². The van der Waals surface area contributed by atoms with Gasteiger partial charge in [-0.25, -0.2) is 0 Å². The van der Waals surface area contributed by atoms with E-state index in [1.165, 1.54) is 12.1 Å². The topological polar surface area (TPSA) is 118 Å². The molecule has 0 heterocycles. The predicted molar refractivity (Wildman–Crippen MR) is 70.9 cm³/mol. The number of carbonyl (C=O) groups is 1. The number of phenolic OH excluding ortho intramolecular Hbond substituents is 1. The monoisotopic (exact) mass is 267 g/mol. The summed E-state index contributed by atoms with van der Waals surface area (Å²) in [5, 5.41) is 22.6. The molecule has 1 unspecified atom stereocenters. The molecule has 1 amide bonds. The highest BCUT2D eigenvalue weighted by Gasteiger charge is 2.28. The fourth-order valence-electron chi connectivity index (χ4n) is 1.64. The van der Waals surface area contributed by atoms with E-state index in [9.17, 15) is 20.0 Å². The lowest BCUT2D eigenvalue weighted by molar-refractivity contribution is -0.384. The second-order valence-corrected chi connectivity index (χ2v) is 4.58. The molecule has 0 saturated heterocycles. The van der Waals surface area contributed by atoms with E-state index < -0.39 is 16.4 Å². The molecule has 19 heavy (non-hydrogen) atoms. The first-order valence-corrected chi connectivity index (χ1v) is 5.85. The van der Waals surface area contributed by atoms with Crippen molar-refractivity contribution in [3.8, 4) is 5.75 Å². The molecule has 7 nitrogen and oxygen atoms in total. The van der Waals surface area contributed by atoms with Crippen LogP contribution < -0.4 is 11.1 Å². The summed E-state index contributed by atoms with van der Waals surface area (Å²) in [6, 6.07) is 3.44. The number of benzene rings is 1. The van der Waals surface area contributed by atoms with Crippen LogP contribution in [0.15, 0.2) is 18.2 Å². The number of nitro benzene ring substituents is 1. The van der Waals surface area contributed by atoms with Crippen LogP contribution in [0.4, 0.5) is 11.4 Å². The smallest absolute Gasteiger partial charge is 0.273 e. The maximum absolute atomic E-state index is 11.9. The third-order valence-corrected chi connectivity index (χ3v) is 2.73. The number of carbonyl (C=O) groups excluding carboxylic acids is 1. The maximum atomic E-state index is 11.9. The Hall–Kier alpha value is -2.15. The minimum atomic E-state index is -1.05. The van der Waals surface area contributed by atoms with Crippen LogP contribution in [-0.4, -0.2) is 21.5 Å². The standard InChI is InChI=1S/C12H17N3O4/c1-3-6-12(2,13)11(17)14-9-5-4-8(15(18)19)7-10(9)16/h4-5,7,16H,3,6,13H2,1-2H3,(H,14,17). The summed E-state index contributed by atoms with van der Waals surface area (Å²) < 4.78 is 0. The fraction of sp³-hybridized carbons (Fsp3) is 0.417. The number of nitrogens with zero attached hydrogens (tertiary/aromatic N) is 1. The second-order valence-electron chi connectivity index (χ2n) is 4.58. The van der Waals surface area contributed by atoms with E-state index in [0.717, 1.165) is 12.5 Å². The van der Waals surface area contributed by atoms with Gasteiger partial charge in [0.2, 0.25) is 5.91 Å². The number of phenols is 1. The summed E-state index contributed by atoms with van der Waals surface area (Å²) in [4.78, 5) is 21.8. The highest BCUT2D eigenvalue weighted by Crippen LogP contribution is 2.28. The second kappa shape index (κ2) is 5.66. The van der Waals surface area contributed by atoms with Crippen LogP contribution in [0.2, 0.25) is 0 Å². The molecule has 0 fully saturated rings. The number of nitro groups is 1. The Balaban J connectivity index is 2.89. The maximum Gasteiger partial charge on any atom is 0.273 e. The van der Waals surface area contributed by atoms with Crippen LogP contribution in [0.25, 0.3) is 0 Å². The van der Waals surface area contributed by atoms with Gasteiger partial charge in [0.1, 0.15) is 5.75 Å². The Labute approximate surface area is 110 Å². The molecule has 1 aromatic carbocycles. The van der Waals surface area contributed by atoms with Gasteiger partial charge in [-0.05, 0) is 19.4 Å². The molecule has 1 rings (SSSR count). The fourth-order valence-corrected chi connectivity index (χ4v) is 1.64. The zero-order valence-electron chi connectivity index (χ0n) is 10.8. The predicted octanol–water partition coefficient (Wildman–Crippen LogP) is 1.76. The van der Waals surface area contributed by atoms with Crippen molar-refractivity contribution in [2.24, 2.45) is 5.73 Å². The number of anilines is 1. The van der Waals surface area contributed by atoms with E-state index in [2.05, 4.69) is 5.32 Å². The minimum absolute atomic E-state index is 0.100. The normalized spacial score (nSPS) is 13.6. The van der Waals surface area contributed by atoms with Crippen molar-refractivity contribution in [2.45, 2.75) is 32.2 Å². The van der Waals surface area contributed by atoms with E-state index in [0.29, 0.717) is 6.42 Å². The molecule has 0 spiro atoms. The van der Waals surface area contributed by atoms with Crippen molar-refractivity contribution >= 4 is 17.3 Å². The number of amides is 1. The third-order valence-electron chi connectivity index (χ3n) is 2.73. The van der Waals surface area contributed by atoms with Gasteiger partial charge in [0.05, 0.1) is 22.2 Å². The summed E-state index contributed by atoms with van der Waals surface area (Å²) in [7, 11) is 0. The number of hydrogen-bond acceptors (Lipinski definition) is 5. The van der Waals surface area contributed by atoms with Crippen LogP contribution in [0.3, 0.4) is 0 Å². The average molecular weight is 267 g/mol. The van der Waals surface area contributed by atoms with Gasteiger partial charge in [-0.2, -0.15) is 0 Å². The number of aromatic hydroxyl groups is 1. The molecular formula is C12H17N3O4. The van der Waals surface area contributed by atoms with E-state index in [1.807, 2.05) is 6.92 Å². The first-order chi connectivity index (χ1) is 8.77. The minimum Gasteiger partial charge on any atom is -0.506 e. The van der Waals surface area contributed by atoms with Crippen LogP contribution in [0, 0.1) is 10.1 Å². The van der Waals surface area contributed by atoms with Crippen molar-refractivity contribution in [3.05, 3.63) is 28.3 Å². The summed E-state index contributed by atoms with van der Waals surface area (Å²) >= 11 is 0. The Morgan fingerprint density at radius 3 is 2.68 bits per heavy atom. The highest BCUT2D eigenvalue weighted by atomic mass is 16.6. The lowest BCUT2D eigenvalue weighted by atomic mass is 9.96. The van der Waals surface area contributed by atoms with Crippen LogP contribution in [0.1, 0.15) is 26.7 Å². The molecule has 0 aromatic heterocycles. The molecule has 1 aromatic rings. The van der Waals surface area contributed by atoms with Crippen LogP contribution in [0.5, 0.6) is 5.75 Å². The van der Waals surface area contributed by atoms with Crippen LogP contribution >= 0.6 is 0 Å². The van der Waals surface area contributed by atoms with Crippen molar-refractivity contribution in [2.75, 3.05) is 5.32 Å².